The summed E-state index contributed by atoms with van der Waals surface area (Å²) < 4.78 is 0.899. The number of hydrogen-bond donors (Lipinski definition) is 2. The van der Waals surface area contributed by atoms with Gasteiger partial charge in [-0.05, 0) is 55.3 Å². The molecule has 0 atom stereocenters. The second-order valence-corrected chi connectivity index (χ2v) is 5.41. The smallest absolute Gasteiger partial charge is 0.259 e. The van der Waals surface area contributed by atoms with E-state index < -0.39 is 0 Å². The highest BCUT2D eigenvalue weighted by atomic mass is 79.9. The van der Waals surface area contributed by atoms with Crippen molar-refractivity contribution < 1.29 is 9.90 Å². The Hall–Kier alpha value is -1.81. The molecule has 0 bridgehead atoms. The lowest BCUT2D eigenvalue weighted by atomic mass is 10.1. The first kappa shape index (κ1) is 13.6. The molecule has 2 aromatic carbocycles. The molecule has 2 rings (SSSR count). The standard InChI is InChI=1S/C15H14BrNO2/c1-9-3-4-13(14(18)7-9)15(19)17-12-6-10(2)5-11(16)8-12/h3-8,18H,1-2H3,(H,17,19). The van der Waals surface area contributed by atoms with E-state index in [0.29, 0.717) is 5.69 Å². The number of halogens is 1. The summed E-state index contributed by atoms with van der Waals surface area (Å²) in [6.45, 7) is 3.81. The summed E-state index contributed by atoms with van der Waals surface area (Å²) in [7, 11) is 0. The van der Waals surface area contributed by atoms with Gasteiger partial charge in [0.1, 0.15) is 5.75 Å². The van der Waals surface area contributed by atoms with Gasteiger partial charge >= 0.3 is 0 Å². The molecule has 0 saturated heterocycles. The number of phenols is 1. The maximum absolute atomic E-state index is 12.1. The van der Waals surface area contributed by atoms with Crippen LogP contribution in [0.3, 0.4) is 0 Å². The van der Waals surface area contributed by atoms with Gasteiger partial charge in [-0.1, -0.05) is 22.0 Å². The van der Waals surface area contributed by atoms with Gasteiger partial charge in [0.2, 0.25) is 0 Å². The number of aromatic hydroxyl groups is 1. The fourth-order valence-electron chi connectivity index (χ4n) is 1.84. The minimum Gasteiger partial charge on any atom is -0.507 e. The number of amides is 1. The molecule has 1 amide bonds. The zero-order chi connectivity index (χ0) is 14.0. The highest BCUT2D eigenvalue weighted by molar-refractivity contribution is 9.10. The largest absolute Gasteiger partial charge is 0.507 e. The lowest BCUT2D eigenvalue weighted by molar-refractivity contribution is 0.102. The van der Waals surface area contributed by atoms with Crippen LogP contribution in [0.25, 0.3) is 0 Å². The Morgan fingerprint density at radius 3 is 2.47 bits per heavy atom. The molecule has 4 heteroatoms. The summed E-state index contributed by atoms with van der Waals surface area (Å²) in [5.41, 5.74) is 2.91. The van der Waals surface area contributed by atoms with Crippen LogP contribution in [0.2, 0.25) is 0 Å². The van der Waals surface area contributed by atoms with Crippen LogP contribution in [0, 0.1) is 13.8 Å². The lowest BCUT2D eigenvalue weighted by Crippen LogP contribution is -2.12. The van der Waals surface area contributed by atoms with Crippen molar-refractivity contribution in [1.29, 1.82) is 0 Å². The third-order valence-electron chi connectivity index (χ3n) is 2.70. The molecule has 0 aliphatic rings. The van der Waals surface area contributed by atoms with Crippen molar-refractivity contribution in [2.24, 2.45) is 0 Å². The lowest BCUT2D eigenvalue weighted by Gasteiger charge is -2.08. The highest BCUT2D eigenvalue weighted by Crippen LogP contribution is 2.22. The maximum atomic E-state index is 12.1. The molecule has 0 saturated carbocycles. The second kappa shape index (κ2) is 5.45. The van der Waals surface area contributed by atoms with Crippen molar-refractivity contribution in [3.8, 4) is 5.75 Å². The van der Waals surface area contributed by atoms with Gasteiger partial charge in [0.05, 0.1) is 5.56 Å². The number of hydrogen-bond acceptors (Lipinski definition) is 2. The first-order valence-electron chi connectivity index (χ1n) is 5.84. The molecular weight excluding hydrogens is 306 g/mol. The second-order valence-electron chi connectivity index (χ2n) is 4.49. The monoisotopic (exact) mass is 319 g/mol. The number of rotatable bonds is 2. The van der Waals surface area contributed by atoms with Crippen molar-refractivity contribution in [3.63, 3.8) is 0 Å². The summed E-state index contributed by atoms with van der Waals surface area (Å²) in [6, 6.07) is 10.6. The van der Waals surface area contributed by atoms with E-state index >= 15 is 0 Å². The van der Waals surface area contributed by atoms with Gasteiger partial charge in [0, 0.05) is 10.2 Å². The summed E-state index contributed by atoms with van der Waals surface area (Å²) in [5.74, 6) is -0.334. The van der Waals surface area contributed by atoms with E-state index in [9.17, 15) is 9.90 Å². The van der Waals surface area contributed by atoms with Gasteiger partial charge in [-0.3, -0.25) is 4.79 Å². The zero-order valence-corrected chi connectivity index (χ0v) is 12.3. The number of phenolic OH excluding ortho intramolecular Hbond substituents is 1. The van der Waals surface area contributed by atoms with Gasteiger partial charge in [-0.2, -0.15) is 0 Å². The molecule has 0 aliphatic heterocycles. The van der Waals surface area contributed by atoms with E-state index in [0.717, 1.165) is 15.6 Å². The number of nitrogens with one attached hydrogen (secondary N) is 1. The molecule has 0 spiro atoms. The fourth-order valence-corrected chi connectivity index (χ4v) is 2.45. The van der Waals surface area contributed by atoms with Gasteiger partial charge < -0.3 is 10.4 Å². The van der Waals surface area contributed by atoms with Crippen molar-refractivity contribution in [2.45, 2.75) is 13.8 Å². The molecular formula is C15H14BrNO2. The maximum Gasteiger partial charge on any atom is 0.259 e. The molecule has 19 heavy (non-hydrogen) atoms. The number of benzene rings is 2. The fraction of sp³-hybridized carbons (Fsp3) is 0.133. The number of anilines is 1. The Morgan fingerprint density at radius 2 is 1.84 bits per heavy atom. The van der Waals surface area contributed by atoms with E-state index in [-0.39, 0.29) is 17.2 Å². The predicted molar refractivity (Wildman–Crippen MR) is 79.7 cm³/mol. The average Bonchev–Trinajstić information content (AvgIpc) is 2.26. The minimum absolute atomic E-state index is 0.00998. The van der Waals surface area contributed by atoms with E-state index in [1.165, 1.54) is 0 Å². The van der Waals surface area contributed by atoms with Crippen molar-refractivity contribution in [3.05, 3.63) is 57.6 Å². The van der Waals surface area contributed by atoms with Crippen LogP contribution in [-0.4, -0.2) is 11.0 Å². The van der Waals surface area contributed by atoms with E-state index in [2.05, 4.69) is 21.2 Å². The highest BCUT2D eigenvalue weighted by Gasteiger charge is 2.11. The molecule has 0 fully saturated rings. The van der Waals surface area contributed by atoms with Gasteiger partial charge in [0.15, 0.2) is 0 Å². The first-order valence-corrected chi connectivity index (χ1v) is 6.63. The Kier molecular flexibility index (Phi) is 3.90. The molecule has 0 heterocycles. The van der Waals surface area contributed by atoms with E-state index in [4.69, 9.17) is 0 Å². The van der Waals surface area contributed by atoms with Gasteiger partial charge in [-0.15, -0.1) is 0 Å². The van der Waals surface area contributed by atoms with Crippen LogP contribution in [0.15, 0.2) is 40.9 Å². The van der Waals surface area contributed by atoms with Crippen LogP contribution in [0.1, 0.15) is 21.5 Å². The Bertz CT molecular complexity index is 618. The molecule has 0 unspecified atom stereocenters. The Morgan fingerprint density at radius 1 is 1.11 bits per heavy atom. The van der Waals surface area contributed by atoms with Crippen LogP contribution in [-0.2, 0) is 0 Å². The Labute approximate surface area is 120 Å². The number of carbonyl (C=O) groups is 1. The molecule has 3 nitrogen and oxygen atoms in total. The van der Waals surface area contributed by atoms with Crippen LogP contribution >= 0.6 is 15.9 Å². The molecule has 0 radical (unpaired) electrons. The van der Waals surface area contributed by atoms with Crippen molar-refractivity contribution >= 4 is 27.5 Å². The normalized spacial score (nSPS) is 10.3. The van der Waals surface area contributed by atoms with Gasteiger partial charge in [0.25, 0.3) is 5.91 Å². The molecule has 2 aromatic rings. The molecule has 0 aliphatic carbocycles. The molecule has 98 valence electrons. The van der Waals surface area contributed by atoms with Crippen molar-refractivity contribution in [2.75, 3.05) is 5.32 Å². The SMILES string of the molecule is Cc1cc(Br)cc(NC(=O)c2ccc(C)cc2O)c1. The summed E-state index contributed by atoms with van der Waals surface area (Å²) in [6.07, 6.45) is 0. The number of carbonyl (C=O) groups excluding carboxylic acids is 1. The average molecular weight is 320 g/mol. The van der Waals surface area contributed by atoms with Crippen molar-refractivity contribution in [1.82, 2.24) is 0 Å². The third kappa shape index (κ3) is 3.35. The quantitative estimate of drug-likeness (QED) is 0.878. The molecule has 2 N–H and O–H groups in total. The Balaban J connectivity index is 2.25. The van der Waals surface area contributed by atoms with E-state index in [1.807, 2.05) is 32.0 Å². The number of aryl methyl sites for hydroxylation is 2. The van der Waals surface area contributed by atoms with Gasteiger partial charge in [-0.25, -0.2) is 0 Å². The summed E-state index contributed by atoms with van der Waals surface area (Å²) in [5, 5.41) is 12.6. The topological polar surface area (TPSA) is 49.3 Å². The van der Waals surface area contributed by atoms with E-state index in [1.54, 1.807) is 18.2 Å². The predicted octanol–water partition coefficient (Wildman–Crippen LogP) is 4.02. The minimum atomic E-state index is -0.324. The molecule has 0 aromatic heterocycles. The van der Waals surface area contributed by atoms with Crippen LogP contribution in [0.5, 0.6) is 5.75 Å². The summed E-state index contributed by atoms with van der Waals surface area (Å²) >= 11 is 3.38. The van der Waals surface area contributed by atoms with Crippen LogP contribution in [0.4, 0.5) is 5.69 Å². The third-order valence-corrected chi connectivity index (χ3v) is 3.16. The zero-order valence-electron chi connectivity index (χ0n) is 10.7. The van der Waals surface area contributed by atoms with Crippen LogP contribution < -0.4 is 5.32 Å². The summed E-state index contributed by atoms with van der Waals surface area (Å²) in [4.78, 5) is 12.1. The first-order chi connectivity index (χ1) is 8.95.